The molecule has 0 spiro atoms. The third-order valence-corrected chi connectivity index (χ3v) is 5.95. The number of carbonyl (C=O) groups excluding carboxylic acids is 2. The normalized spacial score (nSPS) is 20.6. The fourth-order valence-corrected chi connectivity index (χ4v) is 4.01. The highest BCUT2D eigenvalue weighted by Crippen LogP contribution is 2.32. The Balaban J connectivity index is 1.64. The van der Waals surface area contributed by atoms with E-state index in [0.717, 1.165) is 32.2 Å². The molecule has 2 heterocycles. The minimum Gasteiger partial charge on any atom is -0.451 e. The third kappa shape index (κ3) is 3.62. The molecule has 1 aliphatic carbocycles. The second kappa shape index (κ2) is 6.74. The molecule has 1 saturated heterocycles. The molecule has 2 amide bonds. The highest BCUT2D eigenvalue weighted by atomic mass is 32.2. The molecule has 1 aliphatic heterocycles. The van der Waals surface area contributed by atoms with Gasteiger partial charge in [-0.2, -0.15) is 0 Å². The summed E-state index contributed by atoms with van der Waals surface area (Å²) in [5.74, 6) is -0.816. The summed E-state index contributed by atoms with van der Waals surface area (Å²) in [5, 5.41) is 8.80. The van der Waals surface area contributed by atoms with E-state index in [1.807, 2.05) is 0 Å². The lowest BCUT2D eigenvalue weighted by atomic mass is 9.98. The fourth-order valence-electron chi connectivity index (χ4n) is 3.46. The number of hydrogen-bond acceptors (Lipinski definition) is 6. The molecule has 2 aromatic rings. The first-order chi connectivity index (χ1) is 12.8. The predicted molar refractivity (Wildman–Crippen MR) is 97.4 cm³/mol. The van der Waals surface area contributed by atoms with Gasteiger partial charge in [-0.1, -0.05) is 0 Å². The van der Waals surface area contributed by atoms with Crippen LogP contribution in [0.3, 0.4) is 0 Å². The van der Waals surface area contributed by atoms with Crippen molar-refractivity contribution in [1.82, 2.24) is 10.2 Å². The largest absolute Gasteiger partial charge is 0.451 e. The van der Waals surface area contributed by atoms with Crippen LogP contribution in [0, 0.1) is 5.92 Å². The standard InChI is InChI=1S/C18H21N3O5S/c19-27(24,25)14-5-6-15-12(8-14)9-16(26-15)18(23)21(13-3-4-13)17(22)11-2-1-7-20-10-11/h5-6,8-9,11,13,20H,1-4,7,10H2,(H2,19,24,25). The molecule has 1 atom stereocenters. The average Bonchev–Trinajstić information content (AvgIpc) is 3.38. The van der Waals surface area contributed by atoms with Crippen LogP contribution < -0.4 is 10.5 Å². The number of benzene rings is 1. The Morgan fingerprint density at radius 3 is 2.59 bits per heavy atom. The van der Waals surface area contributed by atoms with Crippen molar-refractivity contribution in [2.24, 2.45) is 11.1 Å². The van der Waals surface area contributed by atoms with E-state index in [-0.39, 0.29) is 28.5 Å². The second-order valence-electron chi connectivity index (χ2n) is 7.14. The zero-order valence-electron chi connectivity index (χ0n) is 14.7. The summed E-state index contributed by atoms with van der Waals surface area (Å²) < 4.78 is 28.6. The van der Waals surface area contributed by atoms with E-state index in [0.29, 0.717) is 17.5 Å². The Bertz CT molecular complexity index is 1000. The smallest absolute Gasteiger partial charge is 0.296 e. The Hall–Kier alpha value is -2.23. The van der Waals surface area contributed by atoms with Crippen LogP contribution in [0.5, 0.6) is 0 Å². The van der Waals surface area contributed by atoms with Crippen LogP contribution in [0.1, 0.15) is 36.2 Å². The predicted octanol–water partition coefficient (Wildman–Crippen LogP) is 1.21. The van der Waals surface area contributed by atoms with Gasteiger partial charge in [0.15, 0.2) is 5.76 Å². The molecule has 1 saturated carbocycles. The molecule has 4 rings (SSSR count). The first kappa shape index (κ1) is 18.1. The van der Waals surface area contributed by atoms with Crippen molar-refractivity contribution in [3.05, 3.63) is 30.0 Å². The van der Waals surface area contributed by atoms with Crippen molar-refractivity contribution >= 4 is 32.8 Å². The minimum absolute atomic E-state index is 0.0283. The Morgan fingerprint density at radius 1 is 1.19 bits per heavy atom. The monoisotopic (exact) mass is 391 g/mol. The van der Waals surface area contributed by atoms with E-state index in [4.69, 9.17) is 9.56 Å². The molecule has 1 aromatic carbocycles. The molecule has 9 heteroatoms. The highest BCUT2D eigenvalue weighted by Gasteiger charge is 2.41. The number of nitrogens with zero attached hydrogens (tertiary/aromatic N) is 1. The van der Waals surface area contributed by atoms with Crippen LogP contribution in [0.15, 0.2) is 33.6 Å². The van der Waals surface area contributed by atoms with Crippen molar-refractivity contribution in [1.29, 1.82) is 0 Å². The van der Waals surface area contributed by atoms with Gasteiger partial charge in [-0.05, 0) is 56.5 Å². The molecule has 144 valence electrons. The molecular formula is C18H21N3O5S. The number of nitrogens with one attached hydrogen (secondary N) is 1. The van der Waals surface area contributed by atoms with Crippen molar-refractivity contribution in [3.63, 3.8) is 0 Å². The summed E-state index contributed by atoms with van der Waals surface area (Å²) in [5.41, 5.74) is 0.369. The van der Waals surface area contributed by atoms with Gasteiger partial charge in [0.1, 0.15) is 5.58 Å². The third-order valence-electron chi connectivity index (χ3n) is 5.04. The number of sulfonamides is 1. The van der Waals surface area contributed by atoms with Crippen molar-refractivity contribution in [2.45, 2.75) is 36.6 Å². The Morgan fingerprint density at radius 2 is 1.96 bits per heavy atom. The van der Waals surface area contributed by atoms with Crippen LogP contribution in [0.25, 0.3) is 11.0 Å². The number of fused-ring (bicyclic) bond motifs is 1. The van der Waals surface area contributed by atoms with Gasteiger partial charge in [0.25, 0.3) is 5.91 Å². The molecule has 3 N–H and O–H groups in total. The molecule has 2 aliphatic rings. The summed E-state index contributed by atoms with van der Waals surface area (Å²) in [6.45, 7) is 1.46. The minimum atomic E-state index is -3.85. The molecule has 2 fully saturated rings. The number of rotatable bonds is 4. The summed E-state index contributed by atoms with van der Waals surface area (Å²) in [6, 6.07) is 5.53. The maximum Gasteiger partial charge on any atom is 0.296 e. The van der Waals surface area contributed by atoms with Crippen LogP contribution in [0.4, 0.5) is 0 Å². The van der Waals surface area contributed by atoms with Crippen LogP contribution >= 0.6 is 0 Å². The van der Waals surface area contributed by atoms with Crippen LogP contribution in [-0.4, -0.2) is 44.3 Å². The first-order valence-corrected chi connectivity index (χ1v) is 10.5. The van der Waals surface area contributed by atoms with E-state index in [2.05, 4.69) is 5.32 Å². The van der Waals surface area contributed by atoms with Gasteiger partial charge in [0, 0.05) is 18.0 Å². The van der Waals surface area contributed by atoms with E-state index in [1.54, 1.807) is 0 Å². The van der Waals surface area contributed by atoms with Crippen LogP contribution in [-0.2, 0) is 14.8 Å². The Labute approximate surface area is 156 Å². The van der Waals surface area contributed by atoms with Gasteiger partial charge in [0.05, 0.1) is 10.8 Å². The van der Waals surface area contributed by atoms with E-state index < -0.39 is 15.9 Å². The van der Waals surface area contributed by atoms with E-state index >= 15 is 0 Å². The van der Waals surface area contributed by atoms with Gasteiger partial charge in [-0.3, -0.25) is 14.5 Å². The first-order valence-electron chi connectivity index (χ1n) is 8.99. The quantitative estimate of drug-likeness (QED) is 0.755. The summed E-state index contributed by atoms with van der Waals surface area (Å²) in [4.78, 5) is 27.2. The van der Waals surface area contributed by atoms with Gasteiger partial charge < -0.3 is 9.73 Å². The number of imide groups is 1. The number of primary sulfonamides is 1. The summed E-state index contributed by atoms with van der Waals surface area (Å²) in [6.07, 6.45) is 3.27. The highest BCUT2D eigenvalue weighted by molar-refractivity contribution is 7.89. The van der Waals surface area contributed by atoms with Gasteiger partial charge in [-0.25, -0.2) is 13.6 Å². The zero-order chi connectivity index (χ0) is 19.2. The lowest BCUT2D eigenvalue weighted by molar-refractivity contribution is -0.133. The Kier molecular flexibility index (Phi) is 4.53. The number of piperidine rings is 1. The molecule has 27 heavy (non-hydrogen) atoms. The second-order valence-corrected chi connectivity index (χ2v) is 8.70. The zero-order valence-corrected chi connectivity index (χ0v) is 15.5. The van der Waals surface area contributed by atoms with Crippen molar-refractivity contribution in [2.75, 3.05) is 13.1 Å². The molecule has 0 radical (unpaired) electrons. The number of amides is 2. The van der Waals surface area contributed by atoms with Gasteiger partial charge >= 0.3 is 0 Å². The van der Waals surface area contributed by atoms with Gasteiger partial charge in [0.2, 0.25) is 15.9 Å². The van der Waals surface area contributed by atoms with E-state index in [9.17, 15) is 18.0 Å². The maximum absolute atomic E-state index is 13.0. The molecule has 1 aromatic heterocycles. The maximum atomic E-state index is 13.0. The number of nitrogens with two attached hydrogens (primary N) is 1. The molecule has 8 nitrogen and oxygen atoms in total. The van der Waals surface area contributed by atoms with Crippen molar-refractivity contribution in [3.8, 4) is 0 Å². The molecular weight excluding hydrogens is 370 g/mol. The van der Waals surface area contributed by atoms with Crippen LogP contribution in [0.2, 0.25) is 0 Å². The SMILES string of the molecule is NS(=O)(=O)c1ccc2oc(C(=O)N(C(=O)C3CCCNC3)C3CC3)cc2c1. The lowest BCUT2D eigenvalue weighted by Crippen LogP contribution is -2.46. The molecule has 1 unspecified atom stereocenters. The van der Waals surface area contributed by atoms with Gasteiger partial charge in [-0.15, -0.1) is 0 Å². The van der Waals surface area contributed by atoms with Crippen molar-refractivity contribution < 1.29 is 22.4 Å². The average molecular weight is 391 g/mol. The summed E-state index contributed by atoms with van der Waals surface area (Å²) in [7, 11) is -3.85. The number of furan rings is 1. The fraction of sp³-hybridized carbons (Fsp3) is 0.444. The topological polar surface area (TPSA) is 123 Å². The number of carbonyl (C=O) groups is 2. The van der Waals surface area contributed by atoms with E-state index in [1.165, 1.54) is 29.2 Å². The molecule has 0 bridgehead atoms. The lowest BCUT2D eigenvalue weighted by Gasteiger charge is -2.28. The summed E-state index contributed by atoms with van der Waals surface area (Å²) >= 11 is 0. The number of hydrogen-bond donors (Lipinski definition) is 2.